The molecule has 2 fully saturated rings. The second-order valence-electron chi connectivity index (χ2n) is 8.15. The minimum atomic E-state index is -1.93. The lowest BCUT2D eigenvalue weighted by Crippen LogP contribution is -2.41. The molecule has 1 aliphatic carbocycles. The molecule has 32 heavy (non-hydrogen) atoms. The molecule has 0 amide bonds. The highest BCUT2D eigenvalue weighted by Crippen LogP contribution is 2.49. The Morgan fingerprint density at radius 3 is 2.72 bits per heavy atom. The third-order valence-electron chi connectivity index (χ3n) is 6.33. The van der Waals surface area contributed by atoms with Crippen LogP contribution in [0, 0.1) is 11.3 Å². The molecular weight excluding hydrogens is 414 g/mol. The Balaban J connectivity index is 1.38. The van der Waals surface area contributed by atoms with Gasteiger partial charge in [-0.1, -0.05) is 30.3 Å². The number of nitriles is 1. The number of esters is 1. The van der Waals surface area contributed by atoms with Gasteiger partial charge in [0, 0.05) is 0 Å². The van der Waals surface area contributed by atoms with Crippen LogP contribution in [0.15, 0.2) is 48.8 Å². The molecule has 0 unspecified atom stereocenters. The minimum Gasteiger partial charge on any atom is -0.462 e. The van der Waals surface area contributed by atoms with Crippen LogP contribution in [0.1, 0.15) is 24.1 Å². The van der Waals surface area contributed by atoms with Gasteiger partial charge in [0.25, 0.3) is 0 Å². The summed E-state index contributed by atoms with van der Waals surface area (Å²) in [7, 11) is 0. The summed E-state index contributed by atoms with van der Waals surface area (Å²) in [5.74, 6) is -0.231. The highest BCUT2D eigenvalue weighted by molar-refractivity contribution is 5.86. The lowest BCUT2D eigenvalue weighted by Gasteiger charge is -2.24. The Hall–Kier alpha value is -3.52. The fraction of sp³-hybridized carbons (Fsp3) is 0.364. The smallest absolute Gasteiger partial charge is 0.316 e. The van der Waals surface area contributed by atoms with Crippen molar-refractivity contribution >= 4 is 17.3 Å². The summed E-state index contributed by atoms with van der Waals surface area (Å²) in [6.45, 7) is -0.310. The number of nitrogens with zero attached hydrogens (tertiary/aromatic N) is 4. The summed E-state index contributed by atoms with van der Waals surface area (Å²) >= 11 is 0. The molecule has 1 saturated carbocycles. The highest BCUT2D eigenvalue weighted by atomic mass is 16.6. The Kier molecular flexibility index (Phi) is 4.63. The molecule has 10 nitrogen and oxygen atoms in total. The standard InChI is InChI=1S/C22H21N5O5/c23-11-22(16-7-6-14-19(24)25-12-26-27(14)16)18(29)17(28)15(32-22)10-31-20(30)21(8-9-21)13-4-2-1-3-5-13/h1-7,12,15,17-18,28-29H,8-10H2,(H2,24,25,26)/t15-,17-,18-,22+/m1/s1. The van der Waals surface area contributed by atoms with Crippen LogP contribution in [-0.4, -0.2) is 55.7 Å². The molecule has 164 valence electrons. The summed E-state index contributed by atoms with van der Waals surface area (Å²) in [6.07, 6.45) is -1.61. The van der Waals surface area contributed by atoms with Gasteiger partial charge in [-0.15, -0.1) is 0 Å². The van der Waals surface area contributed by atoms with E-state index in [-0.39, 0.29) is 18.1 Å². The molecule has 0 bridgehead atoms. The summed E-state index contributed by atoms with van der Waals surface area (Å²) in [5, 5.41) is 35.4. The van der Waals surface area contributed by atoms with E-state index in [1.807, 2.05) is 36.4 Å². The van der Waals surface area contributed by atoms with Gasteiger partial charge in [-0.05, 0) is 30.5 Å². The van der Waals surface area contributed by atoms with Gasteiger partial charge in [-0.2, -0.15) is 10.4 Å². The summed E-state index contributed by atoms with van der Waals surface area (Å²) < 4.78 is 12.7. The summed E-state index contributed by atoms with van der Waals surface area (Å²) in [5.41, 5.74) is 4.72. The van der Waals surface area contributed by atoms with Gasteiger partial charge in [-0.25, -0.2) is 9.50 Å². The number of ether oxygens (including phenoxy) is 2. The number of rotatable bonds is 5. The van der Waals surface area contributed by atoms with Crippen molar-refractivity contribution in [3.8, 4) is 6.07 Å². The number of hydrogen-bond donors (Lipinski definition) is 3. The van der Waals surface area contributed by atoms with Crippen molar-refractivity contribution in [1.82, 2.24) is 14.6 Å². The Labute approximate surface area is 182 Å². The molecule has 0 spiro atoms. The van der Waals surface area contributed by atoms with Crippen molar-refractivity contribution < 1.29 is 24.5 Å². The molecule has 3 heterocycles. The van der Waals surface area contributed by atoms with Crippen LogP contribution >= 0.6 is 0 Å². The fourth-order valence-corrected chi connectivity index (χ4v) is 4.34. The number of aliphatic hydroxyl groups excluding tert-OH is 2. The van der Waals surface area contributed by atoms with E-state index in [1.54, 1.807) is 6.07 Å². The molecule has 5 rings (SSSR count). The first kappa shape index (κ1) is 20.4. The molecular formula is C22H21N5O5. The maximum absolute atomic E-state index is 12.8. The van der Waals surface area contributed by atoms with Gasteiger partial charge >= 0.3 is 5.97 Å². The zero-order chi connectivity index (χ0) is 22.5. The second kappa shape index (κ2) is 7.27. The Morgan fingerprint density at radius 1 is 1.28 bits per heavy atom. The largest absolute Gasteiger partial charge is 0.462 e. The molecule has 1 aliphatic heterocycles. The molecule has 0 radical (unpaired) electrons. The minimum absolute atomic E-state index is 0.187. The number of carbonyl (C=O) groups excluding carboxylic acids is 1. The first-order chi connectivity index (χ1) is 15.4. The lowest BCUT2D eigenvalue weighted by atomic mass is 9.92. The van der Waals surface area contributed by atoms with E-state index in [0.29, 0.717) is 18.4 Å². The van der Waals surface area contributed by atoms with Crippen LogP contribution in [0.25, 0.3) is 5.52 Å². The van der Waals surface area contributed by atoms with Gasteiger partial charge in [0.2, 0.25) is 5.60 Å². The number of benzene rings is 1. The topological polar surface area (TPSA) is 156 Å². The van der Waals surface area contributed by atoms with Gasteiger partial charge in [0.15, 0.2) is 5.82 Å². The van der Waals surface area contributed by atoms with Crippen LogP contribution < -0.4 is 5.73 Å². The maximum Gasteiger partial charge on any atom is 0.316 e. The van der Waals surface area contributed by atoms with E-state index >= 15 is 0 Å². The number of anilines is 1. The van der Waals surface area contributed by atoms with E-state index in [4.69, 9.17) is 15.2 Å². The van der Waals surface area contributed by atoms with E-state index in [9.17, 15) is 20.3 Å². The number of aliphatic hydroxyl groups is 2. The van der Waals surface area contributed by atoms with Crippen molar-refractivity contribution in [2.75, 3.05) is 12.3 Å². The first-order valence-corrected chi connectivity index (χ1v) is 10.2. The SMILES string of the molecule is N#C[C@@]1(c2ccc3c(N)ncnn23)O[C@H](COC(=O)C2(c3ccccc3)CC2)[C@@H](O)[C@H]1O. The third-order valence-corrected chi connectivity index (χ3v) is 6.33. The summed E-state index contributed by atoms with van der Waals surface area (Å²) in [6, 6.07) is 14.4. The number of nitrogens with two attached hydrogens (primary N) is 1. The van der Waals surface area contributed by atoms with Crippen LogP contribution in [0.4, 0.5) is 5.82 Å². The number of aromatic nitrogens is 3. The van der Waals surface area contributed by atoms with Gasteiger partial charge < -0.3 is 25.4 Å². The zero-order valence-corrected chi connectivity index (χ0v) is 17.0. The van der Waals surface area contributed by atoms with Crippen LogP contribution in [0.2, 0.25) is 0 Å². The molecule has 4 atom stereocenters. The zero-order valence-electron chi connectivity index (χ0n) is 17.0. The maximum atomic E-state index is 12.8. The molecule has 3 aromatic rings. The van der Waals surface area contributed by atoms with E-state index < -0.39 is 35.3 Å². The number of fused-ring (bicyclic) bond motifs is 1. The third kappa shape index (κ3) is 2.86. The Bertz CT molecular complexity index is 1220. The van der Waals surface area contributed by atoms with Crippen molar-refractivity contribution in [3.63, 3.8) is 0 Å². The molecule has 10 heteroatoms. The van der Waals surface area contributed by atoms with Crippen molar-refractivity contribution in [3.05, 3.63) is 60.0 Å². The van der Waals surface area contributed by atoms with Gasteiger partial charge in [0.05, 0.1) is 11.1 Å². The quantitative estimate of drug-likeness (QED) is 0.483. The predicted molar refractivity (Wildman–Crippen MR) is 110 cm³/mol. The molecule has 2 aromatic heterocycles. The fourth-order valence-electron chi connectivity index (χ4n) is 4.34. The first-order valence-electron chi connectivity index (χ1n) is 10.2. The van der Waals surface area contributed by atoms with Crippen LogP contribution in [0.5, 0.6) is 0 Å². The number of hydrogen-bond acceptors (Lipinski definition) is 9. The van der Waals surface area contributed by atoms with Gasteiger partial charge in [0.1, 0.15) is 42.8 Å². The predicted octanol–water partition coefficient (Wildman–Crippen LogP) is 0.426. The summed E-state index contributed by atoms with van der Waals surface area (Å²) in [4.78, 5) is 16.7. The molecule has 1 saturated heterocycles. The second-order valence-corrected chi connectivity index (χ2v) is 8.15. The van der Waals surface area contributed by atoms with Crippen LogP contribution in [-0.2, 0) is 25.3 Å². The number of nitrogen functional groups attached to an aromatic ring is 1. The average molecular weight is 435 g/mol. The van der Waals surface area contributed by atoms with Gasteiger partial charge in [-0.3, -0.25) is 4.79 Å². The normalized spacial score (nSPS) is 28.3. The van der Waals surface area contributed by atoms with Crippen molar-refractivity contribution in [2.24, 2.45) is 0 Å². The van der Waals surface area contributed by atoms with E-state index in [0.717, 1.165) is 5.56 Å². The van der Waals surface area contributed by atoms with Crippen molar-refractivity contribution in [2.45, 2.75) is 42.2 Å². The molecule has 2 aliphatic rings. The average Bonchev–Trinajstić information content (AvgIpc) is 3.46. The lowest BCUT2D eigenvalue weighted by molar-refractivity contribution is -0.153. The highest BCUT2D eigenvalue weighted by Gasteiger charge is 2.58. The Morgan fingerprint density at radius 2 is 2.03 bits per heavy atom. The number of carbonyl (C=O) groups is 1. The van der Waals surface area contributed by atoms with E-state index in [1.165, 1.54) is 16.9 Å². The monoisotopic (exact) mass is 435 g/mol. The van der Waals surface area contributed by atoms with Crippen LogP contribution in [0.3, 0.4) is 0 Å². The molecule has 1 aromatic carbocycles. The molecule has 4 N–H and O–H groups in total. The van der Waals surface area contributed by atoms with Crippen molar-refractivity contribution in [1.29, 1.82) is 5.26 Å². The van der Waals surface area contributed by atoms with E-state index in [2.05, 4.69) is 10.1 Å².